The van der Waals surface area contributed by atoms with Crippen molar-refractivity contribution < 1.29 is 4.79 Å². The van der Waals surface area contributed by atoms with Crippen LogP contribution >= 0.6 is 11.3 Å². The zero-order valence-corrected chi connectivity index (χ0v) is 13.2. The maximum Gasteiger partial charge on any atom is 0.259 e. The Hall–Kier alpha value is -2.02. The number of hydrogen-bond donors (Lipinski definition) is 1. The standard InChI is InChI=1S/C15H19N5OS/c21-14(18-15-19-17-11-22-15)12-6-7-13(16-10-12)20-8-4-2-1-3-5-9-20/h6-7,10-11H,1-5,8-9H2,(H,18,19,21). The van der Waals surface area contributed by atoms with Crippen LogP contribution < -0.4 is 10.2 Å². The van der Waals surface area contributed by atoms with Crippen molar-refractivity contribution in [2.24, 2.45) is 0 Å². The van der Waals surface area contributed by atoms with Gasteiger partial charge in [0.1, 0.15) is 11.3 Å². The van der Waals surface area contributed by atoms with Gasteiger partial charge in [-0.05, 0) is 25.0 Å². The first-order chi connectivity index (χ1) is 10.8. The van der Waals surface area contributed by atoms with Gasteiger partial charge in [-0.3, -0.25) is 10.1 Å². The van der Waals surface area contributed by atoms with Crippen LogP contribution in [0.5, 0.6) is 0 Å². The van der Waals surface area contributed by atoms with Gasteiger partial charge in [0.05, 0.1) is 5.56 Å². The average Bonchev–Trinajstić information content (AvgIpc) is 3.00. The third-order valence-corrected chi connectivity index (χ3v) is 4.38. The smallest absolute Gasteiger partial charge is 0.259 e. The quantitative estimate of drug-likeness (QED) is 0.942. The van der Waals surface area contributed by atoms with Gasteiger partial charge in [-0.15, -0.1) is 10.2 Å². The molecule has 22 heavy (non-hydrogen) atoms. The second kappa shape index (κ2) is 7.31. The van der Waals surface area contributed by atoms with E-state index in [4.69, 9.17) is 0 Å². The normalized spacial score (nSPS) is 15.9. The number of pyridine rings is 1. The number of aromatic nitrogens is 3. The average molecular weight is 317 g/mol. The molecule has 7 heteroatoms. The molecule has 2 aromatic heterocycles. The van der Waals surface area contributed by atoms with E-state index in [9.17, 15) is 4.79 Å². The van der Waals surface area contributed by atoms with Crippen molar-refractivity contribution in [3.63, 3.8) is 0 Å². The van der Waals surface area contributed by atoms with Crippen LogP contribution in [0.2, 0.25) is 0 Å². The van der Waals surface area contributed by atoms with Crippen LogP contribution in [0.1, 0.15) is 42.5 Å². The molecule has 6 nitrogen and oxygen atoms in total. The fourth-order valence-electron chi connectivity index (χ4n) is 2.58. The van der Waals surface area contributed by atoms with E-state index in [2.05, 4.69) is 25.4 Å². The van der Waals surface area contributed by atoms with Crippen LogP contribution in [0.15, 0.2) is 23.8 Å². The number of amides is 1. The van der Waals surface area contributed by atoms with E-state index < -0.39 is 0 Å². The van der Waals surface area contributed by atoms with E-state index in [0.29, 0.717) is 10.7 Å². The van der Waals surface area contributed by atoms with E-state index in [1.807, 2.05) is 12.1 Å². The maximum atomic E-state index is 12.1. The highest BCUT2D eigenvalue weighted by Gasteiger charge is 2.12. The summed E-state index contributed by atoms with van der Waals surface area (Å²) in [4.78, 5) is 18.8. The van der Waals surface area contributed by atoms with Gasteiger partial charge < -0.3 is 4.90 Å². The highest BCUT2D eigenvalue weighted by molar-refractivity contribution is 7.13. The van der Waals surface area contributed by atoms with Crippen LogP contribution in [0.3, 0.4) is 0 Å². The first-order valence-corrected chi connectivity index (χ1v) is 8.49. The van der Waals surface area contributed by atoms with Gasteiger partial charge >= 0.3 is 0 Å². The third-order valence-electron chi connectivity index (χ3n) is 3.77. The minimum Gasteiger partial charge on any atom is -0.357 e. The van der Waals surface area contributed by atoms with E-state index in [0.717, 1.165) is 18.9 Å². The molecule has 0 bridgehead atoms. The summed E-state index contributed by atoms with van der Waals surface area (Å²) in [5.74, 6) is 0.748. The molecule has 0 saturated carbocycles. The van der Waals surface area contributed by atoms with Crippen molar-refractivity contribution in [2.75, 3.05) is 23.3 Å². The molecule has 0 aromatic carbocycles. The molecule has 1 aliphatic heterocycles. The summed E-state index contributed by atoms with van der Waals surface area (Å²) in [6.45, 7) is 2.09. The molecular formula is C15H19N5OS. The van der Waals surface area contributed by atoms with Crippen molar-refractivity contribution in [3.8, 4) is 0 Å². The van der Waals surface area contributed by atoms with Crippen molar-refractivity contribution in [1.29, 1.82) is 0 Å². The largest absolute Gasteiger partial charge is 0.357 e. The number of hydrogen-bond acceptors (Lipinski definition) is 6. The molecule has 0 aliphatic carbocycles. The minimum atomic E-state index is -0.205. The predicted octanol–water partition coefficient (Wildman–Crippen LogP) is 2.96. The van der Waals surface area contributed by atoms with Crippen LogP contribution in [0.4, 0.5) is 10.9 Å². The zero-order chi connectivity index (χ0) is 15.2. The molecule has 0 unspecified atom stereocenters. The predicted molar refractivity (Wildman–Crippen MR) is 87.4 cm³/mol. The lowest BCUT2D eigenvalue weighted by Gasteiger charge is -2.25. The van der Waals surface area contributed by atoms with E-state index in [1.165, 1.54) is 43.4 Å². The third kappa shape index (κ3) is 3.79. The number of carbonyl (C=O) groups excluding carboxylic acids is 1. The molecule has 3 heterocycles. The number of nitrogens with zero attached hydrogens (tertiary/aromatic N) is 4. The molecule has 0 spiro atoms. The van der Waals surface area contributed by atoms with E-state index >= 15 is 0 Å². The Balaban J connectivity index is 1.65. The Morgan fingerprint density at radius 3 is 2.55 bits per heavy atom. The van der Waals surface area contributed by atoms with Crippen molar-refractivity contribution in [1.82, 2.24) is 15.2 Å². The van der Waals surface area contributed by atoms with Gasteiger partial charge in [-0.25, -0.2) is 4.98 Å². The summed E-state index contributed by atoms with van der Waals surface area (Å²) in [5.41, 5.74) is 2.12. The molecule has 116 valence electrons. The first kappa shape index (κ1) is 14.9. The molecule has 3 rings (SSSR count). The van der Waals surface area contributed by atoms with Gasteiger partial charge in [0.2, 0.25) is 5.13 Å². The van der Waals surface area contributed by atoms with Crippen LogP contribution in [-0.4, -0.2) is 34.2 Å². The van der Waals surface area contributed by atoms with Crippen LogP contribution in [0.25, 0.3) is 0 Å². The minimum absolute atomic E-state index is 0.205. The molecule has 0 atom stereocenters. The molecule has 1 saturated heterocycles. The summed E-state index contributed by atoms with van der Waals surface area (Å²) in [6, 6.07) is 3.74. The maximum absolute atomic E-state index is 12.1. The number of rotatable bonds is 3. The summed E-state index contributed by atoms with van der Waals surface area (Å²) in [7, 11) is 0. The van der Waals surface area contributed by atoms with Gasteiger partial charge in [-0.2, -0.15) is 0 Å². The lowest BCUT2D eigenvalue weighted by Crippen LogP contribution is -2.27. The van der Waals surface area contributed by atoms with Crippen molar-refractivity contribution in [2.45, 2.75) is 32.1 Å². The Labute approximate surface area is 133 Å². The van der Waals surface area contributed by atoms with Crippen molar-refractivity contribution in [3.05, 3.63) is 29.4 Å². The number of carbonyl (C=O) groups is 1. The molecule has 1 aliphatic rings. The van der Waals surface area contributed by atoms with Gasteiger partial charge in [-0.1, -0.05) is 30.6 Å². The molecule has 1 N–H and O–H groups in total. The van der Waals surface area contributed by atoms with E-state index in [-0.39, 0.29) is 5.91 Å². The lowest BCUT2D eigenvalue weighted by atomic mass is 10.1. The lowest BCUT2D eigenvalue weighted by molar-refractivity contribution is 0.102. The topological polar surface area (TPSA) is 71.0 Å². The summed E-state index contributed by atoms with van der Waals surface area (Å²) in [5, 5.41) is 10.7. The van der Waals surface area contributed by atoms with E-state index in [1.54, 1.807) is 11.7 Å². The zero-order valence-electron chi connectivity index (χ0n) is 12.4. The monoisotopic (exact) mass is 317 g/mol. The Morgan fingerprint density at radius 1 is 1.14 bits per heavy atom. The molecule has 1 fully saturated rings. The fourth-order valence-corrected chi connectivity index (χ4v) is 3.02. The second-order valence-electron chi connectivity index (χ2n) is 5.36. The first-order valence-electron chi connectivity index (χ1n) is 7.61. The SMILES string of the molecule is O=C(Nc1nncs1)c1ccc(N2CCCCCCC2)nc1. The van der Waals surface area contributed by atoms with Gasteiger partial charge in [0, 0.05) is 19.3 Å². The molecule has 1 amide bonds. The highest BCUT2D eigenvalue weighted by atomic mass is 32.1. The molecular weight excluding hydrogens is 298 g/mol. The Bertz CT molecular complexity index is 591. The van der Waals surface area contributed by atoms with Crippen LogP contribution in [0, 0.1) is 0 Å². The Morgan fingerprint density at radius 2 is 1.91 bits per heavy atom. The van der Waals surface area contributed by atoms with Gasteiger partial charge in [0.15, 0.2) is 0 Å². The summed E-state index contributed by atoms with van der Waals surface area (Å²) in [6.07, 6.45) is 7.97. The Kier molecular flexibility index (Phi) is 4.95. The van der Waals surface area contributed by atoms with Gasteiger partial charge in [0.25, 0.3) is 5.91 Å². The van der Waals surface area contributed by atoms with Crippen molar-refractivity contribution >= 4 is 28.2 Å². The molecule has 0 radical (unpaired) electrons. The number of anilines is 2. The molecule has 2 aromatic rings. The fraction of sp³-hybridized carbons (Fsp3) is 0.467. The van der Waals surface area contributed by atoms with Crippen LogP contribution in [-0.2, 0) is 0 Å². The summed E-state index contributed by atoms with van der Waals surface area (Å²) < 4.78 is 0. The summed E-state index contributed by atoms with van der Waals surface area (Å²) >= 11 is 1.29. The second-order valence-corrected chi connectivity index (χ2v) is 6.19. The number of nitrogens with one attached hydrogen (secondary N) is 1. The highest BCUT2D eigenvalue weighted by Crippen LogP contribution is 2.18.